The molecule has 0 aromatic carbocycles. The molecule has 1 heterocycles. The van der Waals surface area contributed by atoms with E-state index in [-0.39, 0.29) is 25.1 Å². The molecule has 0 aliphatic rings. The Hall–Kier alpha value is -0.640. The van der Waals surface area contributed by atoms with Crippen molar-refractivity contribution in [3.63, 3.8) is 0 Å². The average Bonchev–Trinajstić information content (AvgIpc) is 2.15. The number of aliphatic hydroxyl groups excluding tert-OH is 1. The van der Waals surface area contributed by atoms with E-state index in [2.05, 4.69) is 4.98 Å². The van der Waals surface area contributed by atoms with Gasteiger partial charge in [0.05, 0.1) is 0 Å². The fourth-order valence-electron chi connectivity index (χ4n) is 1.09. The molecule has 0 unspecified atom stereocenters. The maximum atomic E-state index is 8.59. The number of nitrogens with two attached hydrogens (primary N) is 1. The van der Waals surface area contributed by atoms with Crippen LogP contribution in [0.2, 0.25) is 0 Å². The quantitative estimate of drug-likeness (QED) is 0.773. The highest BCUT2D eigenvalue weighted by Crippen LogP contribution is 2.13. The summed E-state index contributed by atoms with van der Waals surface area (Å²) in [6.45, 7) is 0.207. The number of hydrogen-bond donors (Lipinski definition) is 2. The minimum atomic E-state index is 0. The van der Waals surface area contributed by atoms with Crippen LogP contribution >= 0.6 is 12.4 Å². The number of rotatable bonds is 4. The van der Waals surface area contributed by atoms with Gasteiger partial charge in [0.25, 0.3) is 0 Å². The van der Waals surface area contributed by atoms with Crippen LogP contribution in [-0.4, -0.2) is 16.7 Å². The second-order valence-corrected chi connectivity index (χ2v) is 2.75. The van der Waals surface area contributed by atoms with Crippen molar-refractivity contribution in [1.29, 1.82) is 0 Å². The van der Waals surface area contributed by atoms with Gasteiger partial charge >= 0.3 is 0 Å². The molecular formula is C9H15ClN2O. The number of halogens is 1. The zero-order valence-corrected chi connectivity index (χ0v) is 8.20. The smallest absolute Gasteiger partial charge is 0.0431 e. The van der Waals surface area contributed by atoms with Gasteiger partial charge in [-0.15, -0.1) is 12.4 Å². The fraction of sp³-hybridized carbons (Fsp3) is 0.444. The summed E-state index contributed by atoms with van der Waals surface area (Å²) in [6, 6.07) is 3.84. The lowest BCUT2D eigenvalue weighted by atomic mass is 10.1. The van der Waals surface area contributed by atoms with E-state index >= 15 is 0 Å². The Balaban J connectivity index is 0.00000144. The SMILES string of the molecule is Cl.N[C@@H](CCCO)c1ccncc1. The molecular weight excluding hydrogens is 188 g/mol. The predicted octanol–water partition coefficient (Wildman–Crippen LogP) is 1.28. The van der Waals surface area contributed by atoms with Gasteiger partial charge in [0.1, 0.15) is 0 Å². The van der Waals surface area contributed by atoms with Gasteiger partial charge in [-0.05, 0) is 30.5 Å². The lowest BCUT2D eigenvalue weighted by Gasteiger charge is -2.09. The van der Waals surface area contributed by atoms with E-state index in [0.717, 1.165) is 18.4 Å². The molecule has 0 saturated carbocycles. The minimum Gasteiger partial charge on any atom is -0.396 e. The Morgan fingerprint density at radius 3 is 2.54 bits per heavy atom. The van der Waals surface area contributed by atoms with Crippen LogP contribution in [-0.2, 0) is 0 Å². The maximum absolute atomic E-state index is 8.59. The van der Waals surface area contributed by atoms with E-state index in [1.54, 1.807) is 12.4 Å². The Bertz CT molecular complexity index is 218. The molecule has 1 aromatic heterocycles. The van der Waals surface area contributed by atoms with E-state index in [4.69, 9.17) is 10.8 Å². The molecule has 0 spiro atoms. The van der Waals surface area contributed by atoms with Gasteiger partial charge in [-0.2, -0.15) is 0 Å². The Labute approximate surface area is 84.4 Å². The van der Waals surface area contributed by atoms with E-state index in [1.165, 1.54) is 0 Å². The molecule has 0 bridgehead atoms. The summed E-state index contributed by atoms with van der Waals surface area (Å²) < 4.78 is 0. The van der Waals surface area contributed by atoms with Crippen molar-refractivity contribution in [1.82, 2.24) is 4.98 Å². The largest absolute Gasteiger partial charge is 0.396 e. The van der Waals surface area contributed by atoms with Crippen LogP contribution in [0, 0.1) is 0 Å². The molecule has 3 N–H and O–H groups in total. The first kappa shape index (κ1) is 12.4. The van der Waals surface area contributed by atoms with Crippen molar-refractivity contribution in [2.75, 3.05) is 6.61 Å². The number of aliphatic hydroxyl groups is 1. The first-order chi connectivity index (χ1) is 5.84. The lowest BCUT2D eigenvalue weighted by Crippen LogP contribution is -2.10. The molecule has 0 aliphatic heterocycles. The average molecular weight is 203 g/mol. The van der Waals surface area contributed by atoms with Gasteiger partial charge in [0, 0.05) is 25.0 Å². The van der Waals surface area contributed by atoms with Crippen LogP contribution in [0.5, 0.6) is 0 Å². The third-order valence-corrected chi connectivity index (χ3v) is 1.81. The lowest BCUT2D eigenvalue weighted by molar-refractivity contribution is 0.280. The third-order valence-electron chi connectivity index (χ3n) is 1.81. The first-order valence-electron chi connectivity index (χ1n) is 4.11. The zero-order valence-electron chi connectivity index (χ0n) is 7.39. The van der Waals surface area contributed by atoms with Crippen LogP contribution in [0.15, 0.2) is 24.5 Å². The Morgan fingerprint density at radius 1 is 1.38 bits per heavy atom. The number of pyridine rings is 1. The van der Waals surface area contributed by atoms with Crippen LogP contribution in [0.25, 0.3) is 0 Å². The van der Waals surface area contributed by atoms with Gasteiger partial charge < -0.3 is 10.8 Å². The molecule has 1 atom stereocenters. The Kier molecular flexibility index (Phi) is 6.49. The minimum absolute atomic E-state index is 0. The highest BCUT2D eigenvalue weighted by molar-refractivity contribution is 5.85. The van der Waals surface area contributed by atoms with Crippen molar-refractivity contribution in [3.05, 3.63) is 30.1 Å². The van der Waals surface area contributed by atoms with Crippen molar-refractivity contribution >= 4 is 12.4 Å². The van der Waals surface area contributed by atoms with Gasteiger partial charge in [-0.3, -0.25) is 4.98 Å². The molecule has 1 rings (SSSR count). The fourth-order valence-corrected chi connectivity index (χ4v) is 1.09. The molecule has 1 aromatic rings. The molecule has 0 aliphatic carbocycles. The van der Waals surface area contributed by atoms with E-state index in [0.29, 0.717) is 0 Å². The molecule has 4 heteroatoms. The Morgan fingerprint density at radius 2 is 2.00 bits per heavy atom. The molecule has 13 heavy (non-hydrogen) atoms. The van der Waals surface area contributed by atoms with Gasteiger partial charge in [0.15, 0.2) is 0 Å². The maximum Gasteiger partial charge on any atom is 0.0431 e. The normalized spacial score (nSPS) is 11.8. The zero-order chi connectivity index (χ0) is 8.81. The van der Waals surface area contributed by atoms with E-state index in [9.17, 15) is 0 Å². The van der Waals surface area contributed by atoms with Crippen LogP contribution in [0.1, 0.15) is 24.4 Å². The van der Waals surface area contributed by atoms with E-state index in [1.807, 2.05) is 12.1 Å². The van der Waals surface area contributed by atoms with Gasteiger partial charge in [-0.1, -0.05) is 0 Å². The second-order valence-electron chi connectivity index (χ2n) is 2.75. The van der Waals surface area contributed by atoms with Gasteiger partial charge in [0.2, 0.25) is 0 Å². The van der Waals surface area contributed by atoms with Crippen LogP contribution < -0.4 is 5.73 Å². The first-order valence-corrected chi connectivity index (χ1v) is 4.11. The summed E-state index contributed by atoms with van der Waals surface area (Å²) >= 11 is 0. The second kappa shape index (κ2) is 6.83. The number of nitrogens with zero attached hydrogens (tertiary/aromatic N) is 1. The van der Waals surface area contributed by atoms with Crippen molar-refractivity contribution in [3.8, 4) is 0 Å². The topological polar surface area (TPSA) is 59.1 Å². The van der Waals surface area contributed by atoms with Crippen molar-refractivity contribution in [2.24, 2.45) is 5.73 Å². The third kappa shape index (κ3) is 4.22. The van der Waals surface area contributed by atoms with Crippen molar-refractivity contribution in [2.45, 2.75) is 18.9 Å². The molecule has 0 saturated heterocycles. The summed E-state index contributed by atoms with van der Waals surface area (Å²) in [7, 11) is 0. The standard InChI is InChI=1S/C9H14N2O.ClH/c10-9(2-1-7-12)8-3-5-11-6-4-8;/h3-6,9,12H,1-2,7,10H2;1H/t9-;/m0./s1. The highest BCUT2D eigenvalue weighted by Gasteiger charge is 2.03. The predicted molar refractivity (Wildman–Crippen MR) is 54.7 cm³/mol. The highest BCUT2D eigenvalue weighted by atomic mass is 35.5. The molecule has 3 nitrogen and oxygen atoms in total. The summed E-state index contributed by atoms with van der Waals surface area (Å²) in [5.41, 5.74) is 6.92. The van der Waals surface area contributed by atoms with E-state index < -0.39 is 0 Å². The number of aromatic nitrogens is 1. The van der Waals surface area contributed by atoms with Crippen LogP contribution in [0.4, 0.5) is 0 Å². The summed E-state index contributed by atoms with van der Waals surface area (Å²) in [6.07, 6.45) is 5.03. The summed E-state index contributed by atoms with van der Waals surface area (Å²) in [4.78, 5) is 3.90. The summed E-state index contributed by atoms with van der Waals surface area (Å²) in [5.74, 6) is 0. The monoisotopic (exact) mass is 202 g/mol. The molecule has 0 amide bonds. The molecule has 0 fully saturated rings. The van der Waals surface area contributed by atoms with Crippen molar-refractivity contribution < 1.29 is 5.11 Å². The summed E-state index contributed by atoms with van der Waals surface area (Å²) in [5, 5.41) is 8.59. The molecule has 0 radical (unpaired) electrons. The number of hydrogen-bond acceptors (Lipinski definition) is 3. The van der Waals surface area contributed by atoms with Crippen LogP contribution in [0.3, 0.4) is 0 Å². The molecule has 74 valence electrons. The van der Waals surface area contributed by atoms with Gasteiger partial charge in [-0.25, -0.2) is 0 Å².